The summed E-state index contributed by atoms with van der Waals surface area (Å²) in [4.78, 5) is 29.9. The molecule has 2 N–H and O–H groups in total. The summed E-state index contributed by atoms with van der Waals surface area (Å²) in [5.41, 5.74) is 1.25. The van der Waals surface area contributed by atoms with Crippen molar-refractivity contribution in [1.82, 2.24) is 10.3 Å². The van der Waals surface area contributed by atoms with Gasteiger partial charge >= 0.3 is 0 Å². The van der Waals surface area contributed by atoms with E-state index in [0.717, 1.165) is 16.0 Å². The molecule has 0 unspecified atom stereocenters. The van der Waals surface area contributed by atoms with Gasteiger partial charge in [0.2, 0.25) is 5.91 Å². The van der Waals surface area contributed by atoms with Crippen molar-refractivity contribution in [2.45, 2.75) is 12.5 Å². The molecule has 2 amide bonds. The SMILES string of the molecule is CSCC[C@@H](NC(=O)c1ccccc1)C(=O)Nc1nc2cc3c(cc2s1)OCCO3. The lowest BCUT2D eigenvalue weighted by Gasteiger charge is -2.17. The largest absolute Gasteiger partial charge is 0.486 e. The van der Waals surface area contributed by atoms with Crippen molar-refractivity contribution in [2.75, 3.05) is 30.5 Å². The van der Waals surface area contributed by atoms with Crippen LogP contribution in [-0.4, -0.2) is 48.1 Å². The molecule has 1 aliphatic heterocycles. The molecule has 0 radical (unpaired) electrons. The number of amides is 2. The molecule has 7 nitrogen and oxygen atoms in total. The van der Waals surface area contributed by atoms with E-state index in [-0.39, 0.29) is 11.8 Å². The minimum Gasteiger partial charge on any atom is -0.486 e. The van der Waals surface area contributed by atoms with Gasteiger partial charge in [-0.3, -0.25) is 9.59 Å². The number of fused-ring (bicyclic) bond motifs is 2. The predicted molar refractivity (Wildman–Crippen MR) is 120 cm³/mol. The summed E-state index contributed by atoms with van der Waals surface area (Å²) < 4.78 is 12.1. The zero-order valence-electron chi connectivity index (χ0n) is 16.3. The fraction of sp³-hybridized carbons (Fsp3) is 0.286. The van der Waals surface area contributed by atoms with Crippen LogP contribution in [0, 0.1) is 0 Å². The molecule has 156 valence electrons. The van der Waals surface area contributed by atoms with Gasteiger partial charge in [-0.15, -0.1) is 0 Å². The van der Waals surface area contributed by atoms with E-state index in [9.17, 15) is 9.59 Å². The van der Waals surface area contributed by atoms with Gasteiger partial charge in [-0.2, -0.15) is 11.8 Å². The van der Waals surface area contributed by atoms with Crippen molar-refractivity contribution in [3.8, 4) is 11.5 Å². The van der Waals surface area contributed by atoms with Crippen molar-refractivity contribution in [3.63, 3.8) is 0 Å². The van der Waals surface area contributed by atoms with Gasteiger partial charge < -0.3 is 20.1 Å². The summed E-state index contributed by atoms with van der Waals surface area (Å²) in [5.74, 6) is 1.52. The highest BCUT2D eigenvalue weighted by Gasteiger charge is 2.23. The summed E-state index contributed by atoms with van der Waals surface area (Å²) in [7, 11) is 0. The van der Waals surface area contributed by atoms with E-state index in [1.165, 1.54) is 11.3 Å². The van der Waals surface area contributed by atoms with Crippen LogP contribution >= 0.6 is 23.1 Å². The molecule has 0 bridgehead atoms. The molecule has 30 heavy (non-hydrogen) atoms. The lowest BCUT2D eigenvalue weighted by molar-refractivity contribution is -0.118. The number of carbonyl (C=O) groups is 2. The quantitative estimate of drug-likeness (QED) is 0.580. The Hall–Kier alpha value is -2.78. The summed E-state index contributed by atoms with van der Waals surface area (Å²) >= 11 is 2.98. The van der Waals surface area contributed by atoms with Gasteiger partial charge in [0.25, 0.3) is 5.91 Å². The number of rotatable bonds is 7. The number of ether oxygens (including phenoxy) is 2. The highest BCUT2D eigenvalue weighted by molar-refractivity contribution is 7.98. The molecule has 1 aromatic heterocycles. The first-order chi connectivity index (χ1) is 14.6. The Morgan fingerprint density at radius 1 is 1.17 bits per heavy atom. The normalized spacial score (nSPS) is 13.6. The summed E-state index contributed by atoms with van der Waals surface area (Å²) in [6.45, 7) is 1.02. The number of carbonyl (C=O) groups excluding carboxylic acids is 2. The maximum atomic E-state index is 12.9. The number of anilines is 1. The number of thioether (sulfide) groups is 1. The number of hydrogen-bond donors (Lipinski definition) is 2. The topological polar surface area (TPSA) is 89.6 Å². The molecule has 1 atom stereocenters. The summed E-state index contributed by atoms with van der Waals surface area (Å²) in [5, 5.41) is 6.16. The third-order valence-electron chi connectivity index (χ3n) is 4.55. The Labute approximate surface area is 182 Å². The highest BCUT2D eigenvalue weighted by Crippen LogP contribution is 2.37. The Morgan fingerprint density at radius 3 is 2.63 bits per heavy atom. The van der Waals surface area contributed by atoms with Crippen LogP contribution in [0.25, 0.3) is 10.2 Å². The van der Waals surface area contributed by atoms with Gasteiger partial charge in [-0.25, -0.2) is 4.98 Å². The zero-order valence-corrected chi connectivity index (χ0v) is 18.0. The van der Waals surface area contributed by atoms with Crippen molar-refractivity contribution >= 4 is 50.3 Å². The molecule has 2 aromatic carbocycles. The third-order valence-corrected chi connectivity index (χ3v) is 6.13. The first kappa shape index (κ1) is 20.5. The van der Waals surface area contributed by atoms with Crippen LogP contribution < -0.4 is 20.1 Å². The molecular weight excluding hydrogens is 422 g/mol. The van der Waals surface area contributed by atoms with Gasteiger partial charge in [0, 0.05) is 17.7 Å². The van der Waals surface area contributed by atoms with Crippen molar-refractivity contribution in [1.29, 1.82) is 0 Å². The Morgan fingerprint density at radius 2 is 1.90 bits per heavy atom. The number of aromatic nitrogens is 1. The van der Waals surface area contributed by atoms with Crippen LogP contribution in [0.2, 0.25) is 0 Å². The van der Waals surface area contributed by atoms with E-state index in [1.54, 1.807) is 36.0 Å². The van der Waals surface area contributed by atoms with Crippen LogP contribution in [0.3, 0.4) is 0 Å². The molecule has 3 aromatic rings. The maximum Gasteiger partial charge on any atom is 0.251 e. The fourth-order valence-electron chi connectivity index (χ4n) is 3.05. The van der Waals surface area contributed by atoms with E-state index < -0.39 is 6.04 Å². The standard InChI is InChI=1S/C21H21N3O4S2/c1-29-10-7-14(22-19(25)13-5-3-2-4-6-13)20(26)24-21-23-15-11-16-17(12-18(15)30-21)28-9-8-27-16/h2-6,11-12,14H,7-10H2,1H3,(H,22,25)(H,23,24,26)/t14-/m1/s1. The number of nitrogens with one attached hydrogen (secondary N) is 2. The highest BCUT2D eigenvalue weighted by atomic mass is 32.2. The summed E-state index contributed by atoms with van der Waals surface area (Å²) in [6.07, 6.45) is 2.49. The van der Waals surface area contributed by atoms with Gasteiger partial charge in [0.05, 0.1) is 10.2 Å². The Kier molecular flexibility index (Phi) is 6.39. The fourth-order valence-corrected chi connectivity index (χ4v) is 4.40. The molecule has 0 saturated carbocycles. The van der Waals surface area contributed by atoms with E-state index in [0.29, 0.717) is 41.8 Å². The zero-order chi connectivity index (χ0) is 20.9. The van der Waals surface area contributed by atoms with Crippen LogP contribution in [0.4, 0.5) is 5.13 Å². The van der Waals surface area contributed by atoms with E-state index in [1.807, 2.05) is 24.5 Å². The minimum absolute atomic E-state index is 0.275. The summed E-state index contributed by atoms with van der Waals surface area (Å²) in [6, 6.07) is 11.9. The molecule has 0 aliphatic carbocycles. The molecule has 0 fully saturated rings. The first-order valence-corrected chi connectivity index (χ1v) is 11.7. The molecule has 0 spiro atoms. The molecule has 2 heterocycles. The Balaban J connectivity index is 1.49. The first-order valence-electron chi connectivity index (χ1n) is 9.50. The number of nitrogens with zero attached hydrogens (tertiary/aromatic N) is 1. The molecular formula is C21H21N3O4S2. The second kappa shape index (κ2) is 9.36. The van der Waals surface area contributed by atoms with Crippen LogP contribution in [0.5, 0.6) is 11.5 Å². The monoisotopic (exact) mass is 443 g/mol. The second-order valence-electron chi connectivity index (χ2n) is 6.65. The van der Waals surface area contributed by atoms with Gasteiger partial charge in [0.1, 0.15) is 19.3 Å². The van der Waals surface area contributed by atoms with E-state index >= 15 is 0 Å². The van der Waals surface area contributed by atoms with Crippen LogP contribution in [0.1, 0.15) is 16.8 Å². The maximum absolute atomic E-state index is 12.9. The second-order valence-corrected chi connectivity index (χ2v) is 8.66. The van der Waals surface area contributed by atoms with E-state index in [4.69, 9.17) is 9.47 Å². The lowest BCUT2D eigenvalue weighted by atomic mass is 10.1. The van der Waals surface area contributed by atoms with Gasteiger partial charge in [0.15, 0.2) is 16.6 Å². The van der Waals surface area contributed by atoms with E-state index in [2.05, 4.69) is 15.6 Å². The lowest BCUT2D eigenvalue weighted by Crippen LogP contribution is -2.44. The van der Waals surface area contributed by atoms with Crippen molar-refractivity contribution in [3.05, 3.63) is 48.0 Å². The smallest absolute Gasteiger partial charge is 0.251 e. The predicted octanol–water partition coefficient (Wildman–Crippen LogP) is 3.56. The van der Waals surface area contributed by atoms with Crippen molar-refractivity contribution < 1.29 is 19.1 Å². The van der Waals surface area contributed by atoms with Crippen LogP contribution in [0.15, 0.2) is 42.5 Å². The van der Waals surface area contributed by atoms with Crippen molar-refractivity contribution in [2.24, 2.45) is 0 Å². The molecule has 1 aliphatic rings. The average Bonchev–Trinajstić information content (AvgIpc) is 3.16. The minimum atomic E-state index is -0.656. The van der Waals surface area contributed by atoms with Gasteiger partial charge in [-0.05, 0) is 30.6 Å². The number of benzene rings is 2. The average molecular weight is 444 g/mol. The molecule has 4 rings (SSSR count). The number of thiazole rings is 1. The number of hydrogen-bond acceptors (Lipinski definition) is 7. The Bertz CT molecular complexity index is 1010. The van der Waals surface area contributed by atoms with Crippen LogP contribution in [-0.2, 0) is 4.79 Å². The molecule has 0 saturated heterocycles. The van der Waals surface area contributed by atoms with Gasteiger partial charge in [-0.1, -0.05) is 29.5 Å². The third kappa shape index (κ3) is 4.68. The molecule has 9 heteroatoms.